The molecule has 1 fully saturated rings. The molecule has 2 N–H and O–H groups in total. The first-order chi connectivity index (χ1) is 8.84. The van der Waals surface area contributed by atoms with E-state index in [1.807, 2.05) is 16.7 Å². The second kappa shape index (κ2) is 4.94. The predicted molar refractivity (Wildman–Crippen MR) is 70.1 cm³/mol. The predicted octanol–water partition coefficient (Wildman–Crippen LogP) is 1.97. The van der Waals surface area contributed by atoms with Crippen molar-refractivity contribution in [2.45, 2.75) is 38.3 Å². The van der Waals surface area contributed by atoms with Crippen LogP contribution in [0.2, 0.25) is 0 Å². The lowest BCUT2D eigenvalue weighted by atomic mass is 10.1. The topological polar surface area (TPSA) is 66.0 Å². The molecule has 1 aliphatic heterocycles. The first kappa shape index (κ1) is 11.5. The van der Waals surface area contributed by atoms with Gasteiger partial charge in [-0.25, -0.2) is 9.97 Å². The number of rotatable bonds is 3. The lowest BCUT2D eigenvalue weighted by Gasteiger charge is -2.22. The molecule has 0 saturated carbocycles. The quantitative estimate of drug-likeness (QED) is 0.899. The van der Waals surface area contributed by atoms with Gasteiger partial charge < -0.3 is 10.5 Å². The Balaban J connectivity index is 1.75. The second-order valence-corrected chi connectivity index (χ2v) is 4.75. The smallest absolute Gasteiger partial charge is 0.202 e. The summed E-state index contributed by atoms with van der Waals surface area (Å²) in [5.74, 6) is 0.541. The summed E-state index contributed by atoms with van der Waals surface area (Å²) in [6, 6.07) is 3.82. The number of nitrogen functional groups attached to an aromatic ring is 1. The number of anilines is 1. The van der Waals surface area contributed by atoms with E-state index < -0.39 is 0 Å². The Kier molecular flexibility index (Phi) is 3.15. The maximum absolute atomic E-state index is 5.94. The normalized spacial score (nSPS) is 20.3. The third-order valence-corrected chi connectivity index (χ3v) is 3.48. The first-order valence-corrected chi connectivity index (χ1v) is 6.53. The fraction of sp³-hybridized carbons (Fsp3) is 0.538. The number of hydrogen-bond donors (Lipinski definition) is 1. The van der Waals surface area contributed by atoms with Gasteiger partial charge in [0, 0.05) is 19.3 Å². The minimum Gasteiger partial charge on any atom is -0.378 e. The van der Waals surface area contributed by atoms with E-state index in [9.17, 15) is 0 Å². The van der Waals surface area contributed by atoms with Crippen molar-refractivity contribution in [1.29, 1.82) is 0 Å². The average Bonchev–Trinajstić information content (AvgIpc) is 2.73. The third-order valence-electron chi connectivity index (χ3n) is 3.48. The van der Waals surface area contributed by atoms with Gasteiger partial charge in [0.25, 0.3) is 0 Å². The Morgan fingerprint density at radius 3 is 3.22 bits per heavy atom. The molecule has 1 saturated heterocycles. The molecule has 1 aliphatic rings. The van der Waals surface area contributed by atoms with Crippen molar-refractivity contribution >= 4 is 17.1 Å². The van der Waals surface area contributed by atoms with Crippen molar-refractivity contribution in [3.05, 3.63) is 18.3 Å². The average molecular weight is 246 g/mol. The molecule has 1 atom stereocenters. The summed E-state index contributed by atoms with van der Waals surface area (Å²) in [5, 5.41) is 0. The molecule has 5 nitrogen and oxygen atoms in total. The minimum atomic E-state index is 0.360. The third kappa shape index (κ3) is 2.18. The van der Waals surface area contributed by atoms with E-state index in [2.05, 4.69) is 9.97 Å². The molecule has 96 valence electrons. The highest BCUT2D eigenvalue weighted by Gasteiger charge is 2.15. The lowest BCUT2D eigenvalue weighted by Crippen LogP contribution is -2.21. The van der Waals surface area contributed by atoms with Gasteiger partial charge in [-0.3, -0.25) is 4.57 Å². The summed E-state index contributed by atoms with van der Waals surface area (Å²) in [6.45, 7) is 1.72. The Bertz CT molecular complexity index is 531. The summed E-state index contributed by atoms with van der Waals surface area (Å²) in [6.07, 6.45) is 6.72. The molecule has 18 heavy (non-hydrogen) atoms. The largest absolute Gasteiger partial charge is 0.378 e. The van der Waals surface area contributed by atoms with Crippen LogP contribution in [0.25, 0.3) is 11.2 Å². The molecular formula is C13H18N4O. The van der Waals surface area contributed by atoms with E-state index in [0.717, 1.165) is 37.2 Å². The number of hydrogen-bond acceptors (Lipinski definition) is 4. The number of aryl methyl sites for hydroxylation is 1. The van der Waals surface area contributed by atoms with Gasteiger partial charge in [-0.15, -0.1) is 0 Å². The molecule has 3 rings (SSSR count). The number of pyridine rings is 1. The van der Waals surface area contributed by atoms with E-state index in [0.29, 0.717) is 12.1 Å². The van der Waals surface area contributed by atoms with Crippen molar-refractivity contribution in [2.75, 3.05) is 12.3 Å². The Labute approximate surface area is 106 Å². The van der Waals surface area contributed by atoms with Crippen LogP contribution in [-0.2, 0) is 11.3 Å². The molecule has 0 spiro atoms. The van der Waals surface area contributed by atoms with Crippen LogP contribution in [0.4, 0.5) is 5.95 Å². The highest BCUT2D eigenvalue weighted by molar-refractivity contribution is 5.73. The number of nitrogens with zero attached hydrogens (tertiary/aromatic N) is 3. The Morgan fingerprint density at radius 1 is 1.44 bits per heavy atom. The molecular weight excluding hydrogens is 228 g/mol. The van der Waals surface area contributed by atoms with Crippen molar-refractivity contribution in [3.8, 4) is 0 Å². The highest BCUT2D eigenvalue weighted by atomic mass is 16.5. The standard InChI is InChI=1S/C13H18N4O/c14-13-16-11-5-3-7-15-12(11)17(13)8-6-10-4-1-2-9-18-10/h3,5,7,10H,1-2,4,6,8-9H2,(H2,14,16). The van der Waals surface area contributed by atoms with E-state index in [4.69, 9.17) is 10.5 Å². The molecule has 2 aromatic heterocycles. The van der Waals surface area contributed by atoms with Crippen LogP contribution in [0.1, 0.15) is 25.7 Å². The first-order valence-electron chi connectivity index (χ1n) is 6.53. The number of fused-ring (bicyclic) bond motifs is 1. The highest BCUT2D eigenvalue weighted by Crippen LogP contribution is 2.20. The zero-order chi connectivity index (χ0) is 12.4. The Hall–Kier alpha value is -1.62. The monoisotopic (exact) mass is 246 g/mol. The number of imidazole rings is 1. The molecule has 0 aliphatic carbocycles. The van der Waals surface area contributed by atoms with Gasteiger partial charge in [0.05, 0.1) is 6.10 Å². The van der Waals surface area contributed by atoms with Crippen LogP contribution in [0.15, 0.2) is 18.3 Å². The summed E-state index contributed by atoms with van der Waals surface area (Å²) in [5.41, 5.74) is 7.67. The summed E-state index contributed by atoms with van der Waals surface area (Å²) < 4.78 is 7.71. The molecule has 0 aromatic carbocycles. The molecule has 2 aromatic rings. The van der Waals surface area contributed by atoms with E-state index >= 15 is 0 Å². The van der Waals surface area contributed by atoms with Gasteiger partial charge >= 0.3 is 0 Å². The number of nitrogens with two attached hydrogens (primary N) is 1. The van der Waals surface area contributed by atoms with Crippen LogP contribution in [0.3, 0.4) is 0 Å². The van der Waals surface area contributed by atoms with Gasteiger partial charge in [0.1, 0.15) is 5.52 Å². The van der Waals surface area contributed by atoms with E-state index in [1.54, 1.807) is 6.20 Å². The lowest BCUT2D eigenvalue weighted by molar-refractivity contribution is 0.00904. The maximum Gasteiger partial charge on any atom is 0.202 e. The van der Waals surface area contributed by atoms with Crippen molar-refractivity contribution < 1.29 is 4.74 Å². The summed E-state index contributed by atoms with van der Waals surface area (Å²) in [7, 11) is 0. The molecule has 1 unspecified atom stereocenters. The molecule has 3 heterocycles. The molecule has 0 radical (unpaired) electrons. The zero-order valence-electron chi connectivity index (χ0n) is 10.4. The van der Waals surface area contributed by atoms with Crippen molar-refractivity contribution in [2.24, 2.45) is 0 Å². The fourth-order valence-corrected chi connectivity index (χ4v) is 2.50. The molecule has 5 heteroatoms. The second-order valence-electron chi connectivity index (χ2n) is 4.75. The maximum atomic E-state index is 5.94. The summed E-state index contributed by atoms with van der Waals surface area (Å²) in [4.78, 5) is 8.66. The molecule has 0 bridgehead atoms. The zero-order valence-corrected chi connectivity index (χ0v) is 10.4. The van der Waals surface area contributed by atoms with Crippen LogP contribution in [0, 0.1) is 0 Å². The van der Waals surface area contributed by atoms with Gasteiger partial charge in [0.15, 0.2) is 5.65 Å². The van der Waals surface area contributed by atoms with E-state index in [1.165, 1.54) is 12.8 Å². The van der Waals surface area contributed by atoms with Crippen LogP contribution >= 0.6 is 0 Å². The van der Waals surface area contributed by atoms with Crippen molar-refractivity contribution in [3.63, 3.8) is 0 Å². The number of ether oxygens (including phenoxy) is 1. The van der Waals surface area contributed by atoms with E-state index in [-0.39, 0.29) is 0 Å². The fourth-order valence-electron chi connectivity index (χ4n) is 2.50. The van der Waals surface area contributed by atoms with Crippen molar-refractivity contribution in [1.82, 2.24) is 14.5 Å². The van der Waals surface area contributed by atoms with Crippen LogP contribution in [-0.4, -0.2) is 27.2 Å². The van der Waals surface area contributed by atoms with Gasteiger partial charge in [0.2, 0.25) is 5.95 Å². The van der Waals surface area contributed by atoms with Gasteiger partial charge in [-0.2, -0.15) is 0 Å². The van der Waals surface area contributed by atoms with Crippen LogP contribution < -0.4 is 5.73 Å². The van der Waals surface area contributed by atoms with Gasteiger partial charge in [-0.1, -0.05) is 0 Å². The molecule has 0 amide bonds. The summed E-state index contributed by atoms with van der Waals surface area (Å²) >= 11 is 0. The van der Waals surface area contributed by atoms with Gasteiger partial charge in [-0.05, 0) is 37.8 Å². The SMILES string of the molecule is Nc1nc2cccnc2n1CCC1CCCCO1. The number of aromatic nitrogens is 3. The van der Waals surface area contributed by atoms with Crippen LogP contribution in [0.5, 0.6) is 0 Å². The minimum absolute atomic E-state index is 0.360. The Morgan fingerprint density at radius 2 is 2.39 bits per heavy atom.